The van der Waals surface area contributed by atoms with Gasteiger partial charge in [0.15, 0.2) is 0 Å². The highest BCUT2D eigenvalue weighted by Gasteiger charge is 2.49. The first-order valence-electron chi connectivity index (χ1n) is 6.51. The van der Waals surface area contributed by atoms with Crippen LogP contribution in [0.5, 0.6) is 0 Å². The molecule has 0 spiro atoms. The molecule has 0 aliphatic heterocycles. The molecule has 0 bridgehead atoms. The van der Waals surface area contributed by atoms with E-state index in [0.717, 1.165) is 24.7 Å². The third kappa shape index (κ3) is 1.95. The van der Waals surface area contributed by atoms with Crippen LogP contribution < -0.4 is 0 Å². The highest BCUT2D eigenvalue weighted by molar-refractivity contribution is 4.99. The summed E-state index contributed by atoms with van der Waals surface area (Å²) in [6.07, 6.45) is 5.97. The molecule has 0 aromatic rings. The molecule has 2 rings (SSSR count). The Morgan fingerprint density at radius 2 is 1.40 bits per heavy atom. The van der Waals surface area contributed by atoms with Crippen LogP contribution in [0.15, 0.2) is 0 Å². The van der Waals surface area contributed by atoms with E-state index in [1.807, 2.05) is 0 Å². The minimum atomic E-state index is -0.0283. The van der Waals surface area contributed by atoms with Crippen molar-refractivity contribution in [1.29, 1.82) is 0 Å². The summed E-state index contributed by atoms with van der Waals surface area (Å²) in [6.45, 7) is 9.66. The molecule has 0 aromatic carbocycles. The SMILES string of the molecule is CC1(C)CCC(C)(C)C2CC(O)CCC21. The molecule has 15 heavy (non-hydrogen) atoms. The van der Waals surface area contributed by atoms with Gasteiger partial charge in [-0.15, -0.1) is 0 Å². The predicted octanol–water partition coefficient (Wildman–Crippen LogP) is 3.61. The van der Waals surface area contributed by atoms with Gasteiger partial charge >= 0.3 is 0 Å². The van der Waals surface area contributed by atoms with Crippen LogP contribution in [0.2, 0.25) is 0 Å². The van der Waals surface area contributed by atoms with Gasteiger partial charge in [0, 0.05) is 0 Å². The third-order valence-electron chi connectivity index (χ3n) is 5.24. The summed E-state index contributed by atoms with van der Waals surface area (Å²) in [7, 11) is 0. The van der Waals surface area contributed by atoms with Gasteiger partial charge in [-0.05, 0) is 54.8 Å². The average Bonchev–Trinajstić information content (AvgIpc) is 2.13. The van der Waals surface area contributed by atoms with Crippen molar-refractivity contribution < 1.29 is 5.11 Å². The Labute approximate surface area is 94.3 Å². The fourth-order valence-electron chi connectivity index (χ4n) is 3.96. The predicted molar refractivity (Wildman–Crippen MR) is 63.6 cm³/mol. The molecule has 1 nitrogen and oxygen atoms in total. The lowest BCUT2D eigenvalue weighted by atomic mass is 9.50. The van der Waals surface area contributed by atoms with Crippen molar-refractivity contribution in [2.24, 2.45) is 22.7 Å². The Morgan fingerprint density at radius 1 is 0.867 bits per heavy atom. The van der Waals surface area contributed by atoms with Gasteiger partial charge in [-0.2, -0.15) is 0 Å². The van der Waals surface area contributed by atoms with E-state index in [0.29, 0.717) is 10.8 Å². The molecule has 2 fully saturated rings. The van der Waals surface area contributed by atoms with Crippen LogP contribution in [0.25, 0.3) is 0 Å². The summed E-state index contributed by atoms with van der Waals surface area (Å²) >= 11 is 0. The smallest absolute Gasteiger partial charge is 0.0543 e. The van der Waals surface area contributed by atoms with E-state index in [1.165, 1.54) is 19.3 Å². The van der Waals surface area contributed by atoms with E-state index < -0.39 is 0 Å². The maximum Gasteiger partial charge on any atom is 0.0543 e. The van der Waals surface area contributed by atoms with E-state index in [9.17, 15) is 5.11 Å². The second kappa shape index (κ2) is 3.48. The highest BCUT2D eigenvalue weighted by atomic mass is 16.3. The zero-order valence-corrected chi connectivity index (χ0v) is 10.7. The van der Waals surface area contributed by atoms with Crippen LogP contribution in [0.4, 0.5) is 0 Å². The first kappa shape index (κ1) is 11.4. The Morgan fingerprint density at radius 3 is 2.00 bits per heavy atom. The molecular formula is C14H26O. The normalized spacial score (nSPS) is 43.4. The Balaban J connectivity index is 2.23. The van der Waals surface area contributed by atoms with Crippen molar-refractivity contribution in [3.63, 3.8) is 0 Å². The van der Waals surface area contributed by atoms with E-state index in [4.69, 9.17) is 0 Å². The minimum absolute atomic E-state index is 0.0283. The fourth-order valence-corrected chi connectivity index (χ4v) is 3.96. The summed E-state index contributed by atoms with van der Waals surface area (Å²) in [5, 5.41) is 9.85. The molecule has 2 aliphatic rings. The summed E-state index contributed by atoms with van der Waals surface area (Å²) in [6, 6.07) is 0. The van der Waals surface area contributed by atoms with Gasteiger partial charge in [0.2, 0.25) is 0 Å². The number of fused-ring (bicyclic) bond motifs is 1. The summed E-state index contributed by atoms with van der Waals surface area (Å²) in [5.74, 6) is 1.58. The van der Waals surface area contributed by atoms with Gasteiger partial charge in [0.1, 0.15) is 0 Å². The van der Waals surface area contributed by atoms with Gasteiger partial charge in [-0.1, -0.05) is 27.7 Å². The zero-order chi connectivity index (χ0) is 11.3. The largest absolute Gasteiger partial charge is 0.393 e. The zero-order valence-electron chi connectivity index (χ0n) is 10.7. The quantitative estimate of drug-likeness (QED) is 0.647. The van der Waals surface area contributed by atoms with Crippen molar-refractivity contribution >= 4 is 0 Å². The molecule has 0 saturated heterocycles. The lowest BCUT2D eigenvalue weighted by Crippen LogP contribution is -2.48. The number of rotatable bonds is 0. The molecule has 2 saturated carbocycles. The minimum Gasteiger partial charge on any atom is -0.393 e. The first-order valence-corrected chi connectivity index (χ1v) is 6.51. The topological polar surface area (TPSA) is 20.2 Å². The fraction of sp³-hybridized carbons (Fsp3) is 1.00. The Bertz CT molecular complexity index is 242. The van der Waals surface area contributed by atoms with E-state index in [-0.39, 0.29) is 6.10 Å². The van der Waals surface area contributed by atoms with E-state index >= 15 is 0 Å². The van der Waals surface area contributed by atoms with Crippen molar-refractivity contribution in [1.82, 2.24) is 0 Å². The Hall–Kier alpha value is -0.0400. The first-order chi connectivity index (χ1) is 6.83. The molecule has 88 valence electrons. The van der Waals surface area contributed by atoms with Crippen LogP contribution in [0, 0.1) is 22.7 Å². The molecular weight excluding hydrogens is 184 g/mol. The molecule has 3 unspecified atom stereocenters. The van der Waals surface area contributed by atoms with Crippen molar-refractivity contribution in [3.05, 3.63) is 0 Å². The second-order valence-electron chi connectivity index (χ2n) is 7.16. The number of hydrogen-bond acceptors (Lipinski definition) is 1. The lowest BCUT2D eigenvalue weighted by molar-refractivity contribution is -0.0774. The number of aliphatic hydroxyl groups excluding tert-OH is 1. The molecule has 0 aromatic heterocycles. The lowest BCUT2D eigenvalue weighted by Gasteiger charge is -2.55. The van der Waals surface area contributed by atoms with Crippen molar-refractivity contribution in [2.75, 3.05) is 0 Å². The maximum absolute atomic E-state index is 9.85. The van der Waals surface area contributed by atoms with Crippen molar-refractivity contribution in [3.8, 4) is 0 Å². The van der Waals surface area contributed by atoms with E-state index in [2.05, 4.69) is 27.7 Å². The monoisotopic (exact) mass is 210 g/mol. The van der Waals surface area contributed by atoms with Crippen LogP contribution in [-0.4, -0.2) is 11.2 Å². The molecule has 0 heterocycles. The molecule has 1 heteroatoms. The molecule has 2 aliphatic carbocycles. The van der Waals surface area contributed by atoms with E-state index in [1.54, 1.807) is 0 Å². The van der Waals surface area contributed by atoms with Crippen LogP contribution in [0.1, 0.15) is 59.8 Å². The summed E-state index contributed by atoms with van der Waals surface area (Å²) in [4.78, 5) is 0. The average molecular weight is 210 g/mol. The molecule has 3 atom stereocenters. The highest BCUT2D eigenvalue weighted by Crippen LogP contribution is 2.57. The third-order valence-corrected chi connectivity index (χ3v) is 5.24. The number of hydrogen-bond donors (Lipinski definition) is 1. The summed E-state index contributed by atoms with van der Waals surface area (Å²) < 4.78 is 0. The maximum atomic E-state index is 9.85. The molecule has 1 N–H and O–H groups in total. The summed E-state index contributed by atoms with van der Waals surface area (Å²) in [5.41, 5.74) is 0.946. The van der Waals surface area contributed by atoms with Crippen molar-refractivity contribution in [2.45, 2.75) is 65.9 Å². The number of aliphatic hydroxyl groups is 1. The van der Waals surface area contributed by atoms with Gasteiger partial charge in [-0.25, -0.2) is 0 Å². The van der Waals surface area contributed by atoms with Crippen LogP contribution >= 0.6 is 0 Å². The molecule has 0 radical (unpaired) electrons. The standard InChI is InChI=1S/C14H26O/c1-13(2)7-8-14(3,4)12-9-10(15)5-6-11(12)13/h10-12,15H,5-9H2,1-4H3. The Kier molecular flexibility index (Phi) is 2.65. The van der Waals surface area contributed by atoms with Gasteiger partial charge in [0.05, 0.1) is 6.10 Å². The van der Waals surface area contributed by atoms with Crippen LogP contribution in [0.3, 0.4) is 0 Å². The van der Waals surface area contributed by atoms with Gasteiger partial charge in [0.25, 0.3) is 0 Å². The molecule has 0 amide bonds. The van der Waals surface area contributed by atoms with Crippen LogP contribution in [-0.2, 0) is 0 Å². The van der Waals surface area contributed by atoms with Gasteiger partial charge in [-0.3, -0.25) is 0 Å². The second-order valence-corrected chi connectivity index (χ2v) is 7.16. The van der Waals surface area contributed by atoms with Gasteiger partial charge < -0.3 is 5.11 Å².